The van der Waals surface area contributed by atoms with Crippen molar-refractivity contribution in [3.8, 4) is 0 Å². The van der Waals surface area contributed by atoms with E-state index in [2.05, 4.69) is 31.2 Å². The molecule has 0 spiro atoms. The molecule has 3 aromatic rings. The van der Waals surface area contributed by atoms with Crippen molar-refractivity contribution in [3.63, 3.8) is 0 Å². The van der Waals surface area contributed by atoms with E-state index < -0.39 is 23.2 Å². The summed E-state index contributed by atoms with van der Waals surface area (Å²) in [5, 5.41) is 9.53. The number of hydrogen-bond acceptors (Lipinski definition) is 3. The summed E-state index contributed by atoms with van der Waals surface area (Å²) in [6.07, 6.45) is 0. The molecule has 0 saturated carbocycles. The van der Waals surface area contributed by atoms with Gasteiger partial charge in [0.2, 0.25) is 11.8 Å². The highest BCUT2D eigenvalue weighted by Gasteiger charge is 2.66. The van der Waals surface area contributed by atoms with Crippen LogP contribution in [0, 0.1) is 11.8 Å². The lowest BCUT2D eigenvalue weighted by Gasteiger charge is -2.52. The molecule has 0 aromatic heterocycles. The Hall–Kier alpha value is -3.44. The second-order valence-electron chi connectivity index (χ2n) is 8.84. The summed E-state index contributed by atoms with van der Waals surface area (Å²) in [6.45, 7) is 2.05. The van der Waals surface area contributed by atoms with Crippen LogP contribution in [0.5, 0.6) is 0 Å². The Labute approximate surface area is 189 Å². The summed E-state index contributed by atoms with van der Waals surface area (Å²) in [7, 11) is 0. The number of imide groups is 1. The van der Waals surface area contributed by atoms with Gasteiger partial charge in [-0.15, -0.1) is 0 Å². The summed E-state index contributed by atoms with van der Waals surface area (Å²) in [6, 6.07) is 20.4. The van der Waals surface area contributed by atoms with E-state index in [1.54, 1.807) is 0 Å². The van der Waals surface area contributed by atoms with E-state index in [-0.39, 0.29) is 34.0 Å². The number of hydrogen-bond donors (Lipinski definition) is 1. The van der Waals surface area contributed by atoms with E-state index in [9.17, 15) is 19.5 Å². The maximum atomic E-state index is 13.9. The predicted octanol–water partition coefficient (Wildman–Crippen LogP) is 4.61. The fraction of sp³-hybridized carbons (Fsp3) is 0.192. The first-order valence-corrected chi connectivity index (χ1v) is 10.8. The van der Waals surface area contributed by atoms with Crippen LogP contribution < -0.4 is 4.90 Å². The van der Waals surface area contributed by atoms with Crippen molar-refractivity contribution < 1.29 is 19.5 Å². The fourth-order valence-corrected chi connectivity index (χ4v) is 6.42. The Kier molecular flexibility index (Phi) is 3.79. The molecule has 3 aliphatic carbocycles. The number of nitrogens with zero attached hydrogens (tertiary/aromatic N) is 1. The molecule has 2 atom stereocenters. The molecule has 32 heavy (non-hydrogen) atoms. The lowest BCUT2D eigenvalue weighted by molar-refractivity contribution is -0.123. The van der Waals surface area contributed by atoms with Crippen molar-refractivity contribution in [2.75, 3.05) is 4.90 Å². The molecule has 0 radical (unpaired) electrons. The number of carbonyl (C=O) groups excluding carboxylic acids is 2. The van der Waals surface area contributed by atoms with Gasteiger partial charge in [0.1, 0.15) is 0 Å². The quantitative estimate of drug-likeness (QED) is 0.587. The van der Waals surface area contributed by atoms with Gasteiger partial charge < -0.3 is 5.11 Å². The minimum absolute atomic E-state index is 0.0598. The Morgan fingerprint density at radius 3 is 2.12 bits per heavy atom. The fourth-order valence-electron chi connectivity index (χ4n) is 6.22. The second kappa shape index (κ2) is 6.30. The molecule has 5 nitrogen and oxygen atoms in total. The van der Waals surface area contributed by atoms with E-state index in [4.69, 9.17) is 11.6 Å². The van der Waals surface area contributed by atoms with Gasteiger partial charge in [-0.25, -0.2) is 9.69 Å². The smallest absolute Gasteiger partial charge is 0.337 e. The molecule has 2 amide bonds. The zero-order valence-corrected chi connectivity index (χ0v) is 17.8. The molecule has 6 heteroatoms. The number of carbonyl (C=O) groups is 3. The molecule has 7 rings (SSSR count). The van der Waals surface area contributed by atoms with Crippen molar-refractivity contribution in [3.05, 3.63) is 99.6 Å². The molecular weight excluding hydrogens is 426 g/mol. The Bertz CT molecular complexity index is 1320. The third-order valence-corrected chi connectivity index (χ3v) is 7.81. The highest BCUT2D eigenvalue weighted by atomic mass is 35.5. The summed E-state index contributed by atoms with van der Waals surface area (Å²) in [5.41, 5.74) is 3.77. The van der Waals surface area contributed by atoms with E-state index in [1.165, 1.54) is 23.1 Å². The first-order valence-electron chi connectivity index (χ1n) is 10.4. The molecule has 3 aromatic carbocycles. The van der Waals surface area contributed by atoms with Crippen molar-refractivity contribution in [2.24, 2.45) is 11.8 Å². The van der Waals surface area contributed by atoms with Gasteiger partial charge in [-0.3, -0.25) is 9.59 Å². The number of carboxylic acids is 1. The number of aromatic carboxylic acids is 1. The maximum Gasteiger partial charge on any atom is 0.337 e. The third-order valence-electron chi connectivity index (χ3n) is 7.48. The Morgan fingerprint density at radius 1 is 0.938 bits per heavy atom. The van der Waals surface area contributed by atoms with Crippen molar-refractivity contribution in [1.29, 1.82) is 0 Å². The van der Waals surface area contributed by atoms with Crippen LogP contribution in [-0.2, 0) is 15.0 Å². The average molecular weight is 444 g/mol. The minimum atomic E-state index is -1.21. The van der Waals surface area contributed by atoms with Gasteiger partial charge in [0.25, 0.3) is 0 Å². The van der Waals surface area contributed by atoms with Crippen LogP contribution >= 0.6 is 11.6 Å². The Morgan fingerprint density at radius 2 is 1.53 bits per heavy atom. The molecular formula is C26H18ClNO4. The van der Waals surface area contributed by atoms with Gasteiger partial charge in [0.15, 0.2) is 0 Å². The number of anilines is 1. The number of halogens is 1. The standard InChI is InChI=1S/C26H18ClNO4/c1-26-17-8-4-2-6-14(17)20(15-7-3-5-9-18(15)26)21-22(26)24(30)28(23(21)29)13-10-11-19(27)16(12-13)25(31)32/h2-12,20-22H,1H3,(H,31,32)/t20?,21-,22+,26?/m1/s1. The zero-order valence-electron chi connectivity index (χ0n) is 17.1. The molecule has 1 fully saturated rings. The first-order chi connectivity index (χ1) is 15.4. The minimum Gasteiger partial charge on any atom is -0.478 e. The monoisotopic (exact) mass is 443 g/mol. The van der Waals surface area contributed by atoms with Gasteiger partial charge in [0, 0.05) is 11.3 Å². The maximum absolute atomic E-state index is 13.9. The number of amides is 2. The van der Waals surface area contributed by atoms with Crippen LogP contribution in [0.15, 0.2) is 66.7 Å². The van der Waals surface area contributed by atoms with Crippen LogP contribution in [0.3, 0.4) is 0 Å². The van der Waals surface area contributed by atoms with Crippen LogP contribution in [0.4, 0.5) is 5.69 Å². The lowest BCUT2D eigenvalue weighted by Crippen LogP contribution is -2.51. The third kappa shape index (κ3) is 2.16. The van der Waals surface area contributed by atoms with Crippen LogP contribution in [0.2, 0.25) is 5.02 Å². The summed E-state index contributed by atoms with van der Waals surface area (Å²) >= 11 is 6.02. The molecule has 1 heterocycles. The number of benzene rings is 3. The molecule has 1 saturated heterocycles. The summed E-state index contributed by atoms with van der Waals surface area (Å²) < 4.78 is 0. The van der Waals surface area contributed by atoms with E-state index in [0.29, 0.717) is 0 Å². The average Bonchev–Trinajstić information content (AvgIpc) is 3.06. The summed E-state index contributed by atoms with van der Waals surface area (Å²) in [4.78, 5) is 40.4. The zero-order chi connectivity index (χ0) is 22.4. The van der Waals surface area contributed by atoms with Crippen LogP contribution in [-0.4, -0.2) is 22.9 Å². The van der Waals surface area contributed by atoms with Gasteiger partial charge in [-0.05, 0) is 40.5 Å². The highest BCUT2D eigenvalue weighted by molar-refractivity contribution is 6.34. The molecule has 2 bridgehead atoms. The van der Waals surface area contributed by atoms with E-state index >= 15 is 0 Å². The van der Waals surface area contributed by atoms with Gasteiger partial charge in [-0.2, -0.15) is 0 Å². The van der Waals surface area contributed by atoms with Crippen molar-refractivity contribution >= 4 is 35.1 Å². The molecule has 1 N–H and O–H groups in total. The Balaban J connectivity index is 1.58. The van der Waals surface area contributed by atoms with Gasteiger partial charge in [-0.1, -0.05) is 67.1 Å². The van der Waals surface area contributed by atoms with E-state index in [1.807, 2.05) is 24.3 Å². The molecule has 0 unspecified atom stereocenters. The predicted molar refractivity (Wildman–Crippen MR) is 119 cm³/mol. The van der Waals surface area contributed by atoms with Crippen LogP contribution in [0.1, 0.15) is 45.5 Å². The summed E-state index contributed by atoms with van der Waals surface area (Å²) in [5.74, 6) is -3.12. The first kappa shape index (κ1) is 19.3. The van der Waals surface area contributed by atoms with Crippen molar-refractivity contribution in [2.45, 2.75) is 18.3 Å². The van der Waals surface area contributed by atoms with E-state index in [0.717, 1.165) is 22.3 Å². The lowest BCUT2D eigenvalue weighted by atomic mass is 9.48. The topological polar surface area (TPSA) is 74.7 Å². The molecule has 158 valence electrons. The highest BCUT2D eigenvalue weighted by Crippen LogP contribution is 2.64. The normalized spacial score (nSPS) is 27.2. The van der Waals surface area contributed by atoms with Gasteiger partial charge in [0.05, 0.1) is 28.1 Å². The van der Waals surface area contributed by atoms with Crippen LogP contribution in [0.25, 0.3) is 0 Å². The largest absolute Gasteiger partial charge is 0.478 e. The second-order valence-corrected chi connectivity index (χ2v) is 9.25. The molecule has 4 aliphatic rings. The number of rotatable bonds is 2. The molecule has 1 aliphatic heterocycles. The number of carboxylic acid groups (broad SMARTS) is 1. The van der Waals surface area contributed by atoms with Gasteiger partial charge >= 0.3 is 5.97 Å². The van der Waals surface area contributed by atoms with Crippen molar-refractivity contribution in [1.82, 2.24) is 0 Å². The SMILES string of the molecule is CC12c3ccccc3C(c3ccccc31)[C@H]1C(=O)N(c3ccc(Cl)c(C(=O)O)c3)C(=O)[C@H]12.